The van der Waals surface area contributed by atoms with Crippen molar-refractivity contribution in [3.8, 4) is 0 Å². The van der Waals surface area contributed by atoms with E-state index in [4.69, 9.17) is 0 Å². The first kappa shape index (κ1) is 22.4. The lowest BCUT2D eigenvalue weighted by atomic mass is 9.72. The summed E-state index contributed by atoms with van der Waals surface area (Å²) in [5, 5.41) is 0. The third kappa shape index (κ3) is 5.47. The molecule has 2 heterocycles. The van der Waals surface area contributed by atoms with E-state index in [9.17, 15) is 31.1 Å². The summed E-state index contributed by atoms with van der Waals surface area (Å²) in [5.74, 6) is 0. The van der Waals surface area contributed by atoms with Gasteiger partial charge in [-0.2, -0.15) is 26.3 Å². The lowest BCUT2D eigenvalue weighted by molar-refractivity contribution is -0.309. The van der Waals surface area contributed by atoms with E-state index < -0.39 is 24.5 Å². The van der Waals surface area contributed by atoms with Gasteiger partial charge < -0.3 is 9.64 Å². The molecule has 0 radical (unpaired) electrons. The number of carbonyl (C=O) groups excluding carboxylic acids is 1. The molecule has 2 aliphatic heterocycles. The normalized spacial score (nSPS) is 20.1. The summed E-state index contributed by atoms with van der Waals surface area (Å²) in [4.78, 5) is 14.9. The van der Waals surface area contributed by atoms with Crippen LogP contribution in [0, 0.1) is 8.99 Å². The molecular formula is C18H19F6IN2O2. The highest BCUT2D eigenvalue weighted by Crippen LogP contribution is 2.42. The van der Waals surface area contributed by atoms with Crippen LogP contribution in [0.15, 0.2) is 24.3 Å². The number of ether oxygens (including phenoxy) is 1. The van der Waals surface area contributed by atoms with Crippen molar-refractivity contribution in [2.24, 2.45) is 5.41 Å². The Kier molecular flexibility index (Phi) is 6.29. The number of hydrogen-bond acceptors (Lipinski definition) is 3. The number of halogens is 7. The maximum atomic E-state index is 12.5. The Morgan fingerprint density at radius 2 is 1.55 bits per heavy atom. The molecule has 4 nitrogen and oxygen atoms in total. The zero-order valence-corrected chi connectivity index (χ0v) is 17.4. The summed E-state index contributed by atoms with van der Waals surface area (Å²) < 4.78 is 80.1. The second-order valence-corrected chi connectivity index (χ2v) is 8.85. The fraction of sp³-hybridized carbons (Fsp3) is 0.611. The van der Waals surface area contributed by atoms with Gasteiger partial charge in [0, 0.05) is 28.6 Å². The summed E-state index contributed by atoms with van der Waals surface area (Å²) in [5.41, 5.74) is 0.915. The van der Waals surface area contributed by atoms with E-state index >= 15 is 0 Å². The fourth-order valence-corrected chi connectivity index (χ4v) is 4.10. The van der Waals surface area contributed by atoms with Crippen molar-refractivity contribution in [3.05, 3.63) is 33.4 Å². The second-order valence-electron chi connectivity index (χ2n) is 7.61. The fourth-order valence-electron chi connectivity index (χ4n) is 3.74. The third-order valence-corrected chi connectivity index (χ3v) is 6.08. The molecule has 3 rings (SSSR count). The number of likely N-dealkylation sites (tertiary alicyclic amines) is 2. The quantitative estimate of drug-likeness (QED) is 0.411. The molecule has 0 saturated carbocycles. The lowest BCUT2D eigenvalue weighted by Crippen LogP contribution is -2.62. The molecule has 2 saturated heterocycles. The van der Waals surface area contributed by atoms with Crippen LogP contribution in [0.3, 0.4) is 0 Å². The monoisotopic (exact) mass is 536 g/mol. The average Bonchev–Trinajstić information content (AvgIpc) is 2.58. The van der Waals surface area contributed by atoms with Crippen molar-refractivity contribution in [1.82, 2.24) is 9.80 Å². The van der Waals surface area contributed by atoms with E-state index in [0.717, 1.165) is 40.9 Å². The van der Waals surface area contributed by atoms with Gasteiger partial charge in [-0.15, -0.1) is 0 Å². The number of amides is 1. The van der Waals surface area contributed by atoms with Crippen molar-refractivity contribution in [2.75, 3.05) is 26.2 Å². The summed E-state index contributed by atoms with van der Waals surface area (Å²) in [6.45, 7) is 2.51. The van der Waals surface area contributed by atoms with Crippen LogP contribution in [-0.4, -0.2) is 60.5 Å². The Labute approximate surface area is 177 Å². The molecule has 1 amide bonds. The van der Waals surface area contributed by atoms with Crippen LogP contribution in [0.2, 0.25) is 0 Å². The van der Waals surface area contributed by atoms with Gasteiger partial charge in [0.05, 0.1) is 0 Å². The van der Waals surface area contributed by atoms with E-state index in [1.807, 2.05) is 24.3 Å². The van der Waals surface area contributed by atoms with E-state index in [1.54, 1.807) is 0 Å². The van der Waals surface area contributed by atoms with E-state index in [1.165, 1.54) is 5.56 Å². The van der Waals surface area contributed by atoms with E-state index in [0.29, 0.717) is 0 Å². The van der Waals surface area contributed by atoms with Crippen molar-refractivity contribution in [1.29, 1.82) is 0 Å². The van der Waals surface area contributed by atoms with E-state index in [2.05, 4.69) is 32.2 Å². The predicted octanol–water partition coefficient (Wildman–Crippen LogP) is 4.82. The average molecular weight is 536 g/mol. The molecular weight excluding hydrogens is 517 g/mol. The van der Waals surface area contributed by atoms with Gasteiger partial charge in [-0.3, -0.25) is 4.90 Å². The van der Waals surface area contributed by atoms with E-state index in [-0.39, 0.29) is 18.5 Å². The maximum absolute atomic E-state index is 12.5. The molecule has 2 aliphatic rings. The predicted molar refractivity (Wildman–Crippen MR) is 100 cm³/mol. The minimum atomic E-state index is -5.70. The van der Waals surface area contributed by atoms with Crippen molar-refractivity contribution in [3.63, 3.8) is 0 Å². The minimum absolute atomic E-state index is 0.117. The van der Waals surface area contributed by atoms with Crippen LogP contribution in [0.4, 0.5) is 31.1 Å². The topological polar surface area (TPSA) is 32.8 Å². The van der Waals surface area contributed by atoms with Gasteiger partial charge in [0.2, 0.25) is 0 Å². The van der Waals surface area contributed by atoms with Crippen molar-refractivity contribution < 1.29 is 35.9 Å². The Bertz CT molecular complexity index is 707. The number of nitrogens with zero attached hydrogens (tertiary/aromatic N) is 2. The minimum Gasteiger partial charge on any atom is -0.426 e. The smallest absolute Gasteiger partial charge is 0.426 e. The maximum Gasteiger partial charge on any atom is 0.434 e. The first-order valence-electron chi connectivity index (χ1n) is 8.94. The molecule has 29 heavy (non-hydrogen) atoms. The summed E-state index contributed by atoms with van der Waals surface area (Å²) >= 11 is 2.23. The zero-order valence-electron chi connectivity index (χ0n) is 15.2. The SMILES string of the molecule is O=C(OC(C(F)(F)F)C(F)(F)F)N1CC2(CCN(Cc3ccc(I)cc3)CC2)C1. The van der Waals surface area contributed by atoms with Gasteiger partial charge in [-0.1, -0.05) is 12.1 Å². The van der Waals surface area contributed by atoms with Gasteiger partial charge in [0.25, 0.3) is 6.10 Å². The van der Waals surface area contributed by atoms with Crippen LogP contribution >= 0.6 is 22.6 Å². The van der Waals surface area contributed by atoms with Crippen molar-refractivity contribution in [2.45, 2.75) is 37.8 Å². The molecule has 0 atom stereocenters. The standard InChI is InChI=1S/C18H19F6IN2O2/c19-17(20,21)14(18(22,23)24)29-15(28)27-10-16(11-27)5-7-26(8-6-16)9-12-1-3-13(25)4-2-12/h1-4,14H,5-11H2. The summed E-state index contributed by atoms with van der Waals surface area (Å²) in [6, 6.07) is 8.13. The number of carbonyl (C=O) groups is 1. The van der Waals surface area contributed by atoms with Gasteiger partial charge >= 0.3 is 18.4 Å². The first-order chi connectivity index (χ1) is 13.4. The number of alkyl halides is 6. The molecule has 162 valence electrons. The van der Waals surface area contributed by atoms with Gasteiger partial charge in [-0.05, 0) is 66.2 Å². The first-order valence-corrected chi connectivity index (χ1v) is 10.0. The van der Waals surface area contributed by atoms with Crippen LogP contribution in [0.25, 0.3) is 0 Å². The largest absolute Gasteiger partial charge is 0.434 e. The molecule has 1 spiro atoms. The highest BCUT2D eigenvalue weighted by Gasteiger charge is 2.61. The van der Waals surface area contributed by atoms with Gasteiger partial charge in [0.15, 0.2) is 0 Å². The number of rotatable bonds is 3. The molecule has 0 N–H and O–H groups in total. The lowest BCUT2D eigenvalue weighted by Gasteiger charge is -2.53. The highest BCUT2D eigenvalue weighted by atomic mass is 127. The molecule has 0 aliphatic carbocycles. The molecule has 1 aromatic rings. The third-order valence-electron chi connectivity index (χ3n) is 5.36. The van der Waals surface area contributed by atoms with Gasteiger partial charge in [0.1, 0.15) is 0 Å². The Morgan fingerprint density at radius 1 is 1.03 bits per heavy atom. The molecule has 11 heteroatoms. The summed E-state index contributed by atoms with van der Waals surface area (Å²) in [6.07, 6.45) is -15.6. The molecule has 0 aromatic heterocycles. The van der Waals surface area contributed by atoms with Crippen molar-refractivity contribution >= 4 is 28.7 Å². The Hall–Kier alpha value is -1.24. The van der Waals surface area contributed by atoms with Crippen LogP contribution in [-0.2, 0) is 11.3 Å². The molecule has 2 fully saturated rings. The number of piperidine rings is 1. The molecule has 1 aromatic carbocycles. The Morgan fingerprint density at radius 3 is 2.03 bits per heavy atom. The Balaban J connectivity index is 1.48. The molecule has 0 unspecified atom stereocenters. The second kappa shape index (κ2) is 8.12. The summed E-state index contributed by atoms with van der Waals surface area (Å²) in [7, 11) is 0. The van der Waals surface area contributed by atoms with Crippen LogP contribution in [0.1, 0.15) is 18.4 Å². The number of benzene rings is 1. The van der Waals surface area contributed by atoms with Gasteiger partial charge in [-0.25, -0.2) is 4.79 Å². The number of hydrogen-bond donors (Lipinski definition) is 0. The van der Waals surface area contributed by atoms with Crippen LogP contribution < -0.4 is 0 Å². The highest BCUT2D eigenvalue weighted by molar-refractivity contribution is 14.1. The molecule has 0 bridgehead atoms. The zero-order chi connectivity index (χ0) is 21.4. The van der Waals surface area contributed by atoms with Crippen LogP contribution in [0.5, 0.6) is 0 Å².